The summed E-state index contributed by atoms with van der Waals surface area (Å²) in [6.07, 6.45) is 0.767. The van der Waals surface area contributed by atoms with Crippen LogP contribution in [0.2, 0.25) is 5.02 Å². The fourth-order valence-electron chi connectivity index (χ4n) is 1.82. The number of nitrogens with zero attached hydrogens (tertiary/aromatic N) is 3. The molecule has 0 unspecified atom stereocenters. The van der Waals surface area contributed by atoms with E-state index < -0.39 is 12.0 Å². The Kier molecular flexibility index (Phi) is 5.81. The number of nitrogens with one attached hydrogen (secondary N) is 1. The van der Waals surface area contributed by atoms with Crippen LogP contribution in [0.15, 0.2) is 36.5 Å². The number of likely N-dealkylation sites (N-methyl/N-ethyl adjacent to an activating group) is 1. The zero-order chi connectivity index (χ0) is 17.7. The van der Waals surface area contributed by atoms with Crippen molar-refractivity contribution in [1.82, 2.24) is 20.0 Å². The number of benzene rings is 1. The van der Waals surface area contributed by atoms with Crippen molar-refractivity contribution in [3.8, 4) is 11.6 Å². The summed E-state index contributed by atoms with van der Waals surface area (Å²) in [5.74, 6) is -0.473. The second-order valence-corrected chi connectivity index (χ2v) is 5.74. The van der Waals surface area contributed by atoms with Crippen molar-refractivity contribution < 1.29 is 14.3 Å². The molecule has 7 nitrogen and oxygen atoms in total. The maximum Gasteiger partial charge on any atom is 0.261 e. The number of halogens is 1. The number of hydrogen-bond donors (Lipinski definition) is 1. The molecule has 1 heterocycles. The predicted octanol–water partition coefficient (Wildman–Crippen LogP) is 1.50. The third-order valence-corrected chi connectivity index (χ3v) is 3.49. The lowest BCUT2D eigenvalue weighted by atomic mass is 10.3. The zero-order valence-corrected chi connectivity index (χ0v) is 14.4. The van der Waals surface area contributed by atoms with Gasteiger partial charge in [0.1, 0.15) is 5.02 Å². The molecule has 0 bridgehead atoms. The van der Waals surface area contributed by atoms with E-state index in [-0.39, 0.29) is 18.3 Å². The van der Waals surface area contributed by atoms with Crippen LogP contribution < -0.4 is 10.1 Å². The molecular formula is C16H19ClN4O3. The summed E-state index contributed by atoms with van der Waals surface area (Å²) < 4.78 is 7.07. The van der Waals surface area contributed by atoms with Gasteiger partial charge in [-0.1, -0.05) is 29.8 Å². The minimum absolute atomic E-state index is 0.0915. The van der Waals surface area contributed by atoms with E-state index >= 15 is 0 Å². The number of rotatable bonds is 6. The van der Waals surface area contributed by atoms with E-state index in [4.69, 9.17) is 16.3 Å². The molecule has 128 valence electrons. The molecule has 0 aliphatic carbocycles. The first-order chi connectivity index (χ1) is 11.4. The highest BCUT2D eigenvalue weighted by atomic mass is 35.5. The van der Waals surface area contributed by atoms with Crippen molar-refractivity contribution in [1.29, 1.82) is 0 Å². The van der Waals surface area contributed by atoms with E-state index in [0.29, 0.717) is 5.02 Å². The number of ether oxygens (including phenoxy) is 1. The lowest BCUT2D eigenvalue weighted by molar-refractivity contribution is -0.133. The molecule has 0 aliphatic heterocycles. The summed E-state index contributed by atoms with van der Waals surface area (Å²) in [7, 11) is 3.23. The third-order valence-electron chi connectivity index (χ3n) is 3.23. The minimum atomic E-state index is -0.836. The first kappa shape index (κ1) is 17.8. The number of para-hydroxylation sites is 1. The Labute approximate surface area is 145 Å². The fraction of sp³-hybridized carbons (Fsp3) is 0.312. The van der Waals surface area contributed by atoms with E-state index in [9.17, 15) is 9.59 Å². The van der Waals surface area contributed by atoms with Gasteiger partial charge in [0.2, 0.25) is 5.91 Å². The molecule has 2 rings (SSSR count). The summed E-state index contributed by atoms with van der Waals surface area (Å²) in [6.45, 7) is 1.47. The molecule has 1 aromatic carbocycles. The Morgan fingerprint density at radius 3 is 2.62 bits per heavy atom. The maximum atomic E-state index is 12.0. The number of carbonyl (C=O) groups excluding carboxylic acids is 2. The van der Waals surface area contributed by atoms with Gasteiger partial charge in [0.05, 0.1) is 18.4 Å². The fourth-order valence-corrected chi connectivity index (χ4v) is 1.99. The largest absolute Gasteiger partial charge is 0.462 e. The first-order valence-electron chi connectivity index (χ1n) is 7.33. The average Bonchev–Trinajstić information content (AvgIpc) is 2.93. The lowest BCUT2D eigenvalue weighted by Crippen LogP contribution is -2.42. The molecule has 24 heavy (non-hydrogen) atoms. The van der Waals surface area contributed by atoms with Gasteiger partial charge >= 0.3 is 0 Å². The van der Waals surface area contributed by atoms with Crippen LogP contribution in [0.4, 0.5) is 0 Å². The van der Waals surface area contributed by atoms with Crippen molar-refractivity contribution in [2.75, 3.05) is 20.6 Å². The van der Waals surface area contributed by atoms with Crippen LogP contribution in [0.5, 0.6) is 5.88 Å². The summed E-state index contributed by atoms with van der Waals surface area (Å²) in [5, 5.41) is 7.04. The smallest absolute Gasteiger partial charge is 0.261 e. The Morgan fingerprint density at radius 1 is 1.33 bits per heavy atom. The second kappa shape index (κ2) is 7.83. The number of hydrogen-bond acceptors (Lipinski definition) is 4. The van der Waals surface area contributed by atoms with Gasteiger partial charge in [-0.2, -0.15) is 0 Å². The number of aromatic nitrogens is 2. The Balaban J connectivity index is 1.99. The average molecular weight is 351 g/mol. The normalized spacial score (nSPS) is 11.7. The number of carbonyl (C=O) groups is 2. The zero-order valence-electron chi connectivity index (χ0n) is 13.7. The third kappa shape index (κ3) is 4.48. The summed E-state index contributed by atoms with van der Waals surface area (Å²) >= 11 is 6.11. The molecule has 8 heteroatoms. The van der Waals surface area contributed by atoms with Crippen molar-refractivity contribution in [2.45, 2.75) is 13.0 Å². The second-order valence-electron chi connectivity index (χ2n) is 5.33. The molecule has 0 saturated carbocycles. The predicted molar refractivity (Wildman–Crippen MR) is 90.4 cm³/mol. The molecule has 1 atom stereocenters. The molecular weight excluding hydrogens is 332 g/mol. The van der Waals surface area contributed by atoms with Gasteiger partial charge in [-0.25, -0.2) is 4.68 Å². The van der Waals surface area contributed by atoms with Gasteiger partial charge in [0.25, 0.3) is 11.8 Å². The number of amides is 2. The van der Waals surface area contributed by atoms with Crippen LogP contribution in [0.25, 0.3) is 5.69 Å². The van der Waals surface area contributed by atoms with Crippen molar-refractivity contribution in [2.24, 2.45) is 0 Å². The highest BCUT2D eigenvalue weighted by Gasteiger charge is 2.19. The minimum Gasteiger partial charge on any atom is -0.462 e. The quantitative estimate of drug-likeness (QED) is 0.856. The monoisotopic (exact) mass is 350 g/mol. The van der Waals surface area contributed by atoms with Gasteiger partial charge < -0.3 is 15.0 Å². The Morgan fingerprint density at radius 2 is 2.00 bits per heavy atom. The molecule has 0 saturated heterocycles. The summed E-state index contributed by atoms with van der Waals surface area (Å²) in [6, 6.07) is 9.40. The van der Waals surface area contributed by atoms with Crippen molar-refractivity contribution in [3.05, 3.63) is 41.6 Å². The van der Waals surface area contributed by atoms with Crippen LogP contribution in [0.1, 0.15) is 6.92 Å². The molecule has 2 aromatic rings. The maximum absolute atomic E-state index is 12.0. The van der Waals surface area contributed by atoms with Crippen LogP contribution >= 0.6 is 11.6 Å². The van der Waals surface area contributed by atoms with E-state index in [1.165, 1.54) is 4.90 Å². The van der Waals surface area contributed by atoms with Gasteiger partial charge in [-0.3, -0.25) is 9.59 Å². The van der Waals surface area contributed by atoms with Crippen LogP contribution in [0, 0.1) is 0 Å². The van der Waals surface area contributed by atoms with E-state index in [1.807, 2.05) is 30.3 Å². The molecule has 1 N–H and O–H groups in total. The summed E-state index contributed by atoms with van der Waals surface area (Å²) in [4.78, 5) is 24.8. The van der Waals surface area contributed by atoms with Crippen LogP contribution in [0.3, 0.4) is 0 Å². The molecule has 1 aromatic heterocycles. The van der Waals surface area contributed by atoms with Crippen molar-refractivity contribution in [3.63, 3.8) is 0 Å². The molecule has 0 radical (unpaired) electrons. The van der Waals surface area contributed by atoms with E-state index in [1.54, 1.807) is 31.9 Å². The molecule has 0 fully saturated rings. The molecule has 0 aliphatic rings. The Hall–Kier alpha value is -2.54. The van der Waals surface area contributed by atoms with Crippen molar-refractivity contribution >= 4 is 23.4 Å². The topological polar surface area (TPSA) is 76.5 Å². The van der Waals surface area contributed by atoms with E-state index in [0.717, 1.165) is 5.69 Å². The van der Waals surface area contributed by atoms with Gasteiger partial charge in [-0.15, -0.1) is 5.10 Å². The SMILES string of the molecule is C[C@H](Oc1nn(-c2ccccc2)cc1Cl)C(=O)NCC(=O)N(C)C. The lowest BCUT2D eigenvalue weighted by Gasteiger charge is -2.14. The van der Waals surface area contributed by atoms with Crippen LogP contribution in [-0.4, -0.2) is 53.2 Å². The highest BCUT2D eigenvalue weighted by Crippen LogP contribution is 2.24. The molecule has 0 spiro atoms. The molecule has 2 amide bonds. The Bertz CT molecular complexity index is 715. The first-order valence-corrected chi connectivity index (χ1v) is 7.71. The standard InChI is InChI=1S/C16H19ClN4O3/c1-11(15(23)18-9-14(22)20(2)3)24-16-13(17)10-21(19-16)12-7-5-4-6-8-12/h4-8,10-11H,9H2,1-3H3,(H,18,23)/t11-/m0/s1. The van der Waals surface area contributed by atoms with Crippen LogP contribution in [-0.2, 0) is 9.59 Å². The van der Waals surface area contributed by atoms with Gasteiger partial charge in [-0.05, 0) is 19.1 Å². The van der Waals surface area contributed by atoms with Gasteiger partial charge in [0, 0.05) is 14.1 Å². The highest BCUT2D eigenvalue weighted by molar-refractivity contribution is 6.31. The van der Waals surface area contributed by atoms with Gasteiger partial charge in [0.15, 0.2) is 6.10 Å². The summed E-state index contributed by atoms with van der Waals surface area (Å²) in [5.41, 5.74) is 0.822. The van der Waals surface area contributed by atoms with E-state index in [2.05, 4.69) is 10.4 Å².